The van der Waals surface area contributed by atoms with Crippen molar-refractivity contribution in [2.45, 2.75) is 239 Å². The molecule has 0 amide bonds. The highest BCUT2D eigenvalue weighted by atomic mass is 15.4. The zero-order chi connectivity index (χ0) is 30.4. The second-order valence-electron chi connectivity index (χ2n) is 14.2. The van der Waals surface area contributed by atoms with Gasteiger partial charge in [-0.05, 0) is 33.1 Å². The van der Waals surface area contributed by atoms with Crippen LogP contribution in [0.25, 0.3) is 0 Å². The Bertz CT molecular complexity index is 556. The van der Waals surface area contributed by atoms with E-state index in [1.54, 1.807) is 0 Å². The summed E-state index contributed by atoms with van der Waals surface area (Å²) in [5, 5.41) is 0. The molecule has 0 aromatic heterocycles. The van der Waals surface area contributed by atoms with Crippen LogP contribution in [0, 0.1) is 0 Å². The highest BCUT2D eigenvalue weighted by Gasteiger charge is 2.26. The van der Waals surface area contributed by atoms with Crippen LogP contribution in [0.5, 0.6) is 0 Å². The van der Waals surface area contributed by atoms with Crippen LogP contribution in [-0.2, 0) is 0 Å². The zero-order valence-corrected chi connectivity index (χ0v) is 29.8. The van der Waals surface area contributed by atoms with E-state index in [9.17, 15) is 0 Å². The molecule has 1 rings (SSSR count). The number of rotatable bonds is 33. The molecule has 1 unspecified atom stereocenters. The van der Waals surface area contributed by atoms with Crippen molar-refractivity contribution in [1.29, 1.82) is 0 Å². The van der Waals surface area contributed by atoms with Crippen LogP contribution in [0.4, 0.5) is 0 Å². The van der Waals surface area contributed by atoms with Crippen molar-refractivity contribution in [3.8, 4) is 0 Å². The summed E-state index contributed by atoms with van der Waals surface area (Å²) in [5.74, 6) is 0. The van der Waals surface area contributed by atoms with E-state index in [1.165, 1.54) is 206 Å². The van der Waals surface area contributed by atoms with E-state index < -0.39 is 0 Å². The monoisotopic (exact) mass is 589 g/mol. The maximum Gasteiger partial charge on any atom is 0.101 e. The summed E-state index contributed by atoms with van der Waals surface area (Å²) in [7, 11) is 0. The van der Waals surface area contributed by atoms with E-state index >= 15 is 0 Å². The summed E-state index contributed by atoms with van der Waals surface area (Å²) in [6, 6.07) is 0.605. The summed E-state index contributed by atoms with van der Waals surface area (Å²) in [4.78, 5) is 5.29. The van der Waals surface area contributed by atoms with Gasteiger partial charge in [-0.2, -0.15) is 0 Å². The molecule has 2 nitrogen and oxygen atoms in total. The zero-order valence-electron chi connectivity index (χ0n) is 29.8. The number of hydrogen-bond donors (Lipinski definition) is 0. The molecule has 1 atom stereocenters. The van der Waals surface area contributed by atoms with Crippen LogP contribution in [-0.4, -0.2) is 28.6 Å². The second kappa shape index (κ2) is 30.4. The molecule has 0 fully saturated rings. The molecular formula is C40H80N2. The van der Waals surface area contributed by atoms with Crippen molar-refractivity contribution in [2.24, 2.45) is 0 Å². The molecule has 0 saturated heterocycles. The first-order valence-electron chi connectivity index (χ1n) is 19.9. The molecule has 42 heavy (non-hydrogen) atoms. The highest BCUT2D eigenvalue weighted by molar-refractivity contribution is 4.98. The van der Waals surface area contributed by atoms with E-state index in [0.29, 0.717) is 12.2 Å². The van der Waals surface area contributed by atoms with Gasteiger partial charge in [0.2, 0.25) is 0 Å². The van der Waals surface area contributed by atoms with E-state index in [-0.39, 0.29) is 0 Å². The van der Waals surface area contributed by atoms with Gasteiger partial charge in [-0.3, -0.25) is 0 Å². The Morgan fingerprint density at radius 1 is 0.405 bits per heavy atom. The molecule has 0 spiro atoms. The van der Waals surface area contributed by atoms with Crippen LogP contribution < -0.4 is 0 Å². The average molecular weight is 589 g/mol. The minimum Gasteiger partial charge on any atom is -0.356 e. The van der Waals surface area contributed by atoms with E-state index in [2.05, 4.69) is 49.9 Å². The SMILES string of the molecule is CCCCCCCCCCCCCCCCCCC1N(CCCCCCCCCCCCCCCC)C=CN1C(C)C. The molecular weight excluding hydrogens is 508 g/mol. The molecule has 1 aliphatic rings. The summed E-state index contributed by atoms with van der Waals surface area (Å²) >= 11 is 0. The van der Waals surface area contributed by atoms with Gasteiger partial charge >= 0.3 is 0 Å². The first-order chi connectivity index (χ1) is 20.7. The molecule has 2 heteroatoms. The first kappa shape index (κ1) is 39.4. The normalized spacial score (nSPS) is 15.1. The second-order valence-corrected chi connectivity index (χ2v) is 14.2. The molecule has 0 aromatic rings. The van der Waals surface area contributed by atoms with Crippen molar-refractivity contribution in [2.75, 3.05) is 6.54 Å². The third-order valence-electron chi connectivity index (χ3n) is 9.84. The van der Waals surface area contributed by atoms with Gasteiger partial charge in [-0.15, -0.1) is 0 Å². The van der Waals surface area contributed by atoms with Gasteiger partial charge in [0.05, 0.1) is 0 Å². The van der Waals surface area contributed by atoms with Crippen molar-refractivity contribution >= 4 is 0 Å². The summed E-state index contributed by atoms with van der Waals surface area (Å²) < 4.78 is 0. The lowest BCUT2D eigenvalue weighted by molar-refractivity contribution is 0.114. The first-order valence-corrected chi connectivity index (χ1v) is 19.9. The lowest BCUT2D eigenvalue weighted by atomic mass is 10.0. The minimum atomic E-state index is 0.605. The fourth-order valence-electron chi connectivity index (χ4n) is 6.95. The molecule has 250 valence electrons. The summed E-state index contributed by atoms with van der Waals surface area (Å²) in [6.07, 6.45) is 50.2. The Morgan fingerprint density at radius 2 is 0.714 bits per heavy atom. The Kier molecular flexibility index (Phi) is 28.5. The van der Waals surface area contributed by atoms with Crippen LogP contribution in [0.3, 0.4) is 0 Å². The summed E-state index contributed by atoms with van der Waals surface area (Å²) in [5.41, 5.74) is 0. The van der Waals surface area contributed by atoms with Crippen molar-refractivity contribution < 1.29 is 0 Å². The number of hydrogen-bond acceptors (Lipinski definition) is 2. The van der Waals surface area contributed by atoms with Crippen molar-refractivity contribution in [1.82, 2.24) is 9.80 Å². The van der Waals surface area contributed by atoms with Crippen LogP contribution in [0.1, 0.15) is 227 Å². The van der Waals surface area contributed by atoms with Gasteiger partial charge in [-0.1, -0.05) is 194 Å². The van der Waals surface area contributed by atoms with E-state index in [4.69, 9.17) is 0 Å². The van der Waals surface area contributed by atoms with Crippen LogP contribution in [0.15, 0.2) is 12.4 Å². The smallest absolute Gasteiger partial charge is 0.101 e. The lowest BCUT2D eigenvalue weighted by Gasteiger charge is -2.35. The third-order valence-corrected chi connectivity index (χ3v) is 9.84. The van der Waals surface area contributed by atoms with Crippen LogP contribution in [0.2, 0.25) is 0 Å². The van der Waals surface area contributed by atoms with Gasteiger partial charge in [-0.25, -0.2) is 0 Å². The number of unbranched alkanes of at least 4 members (excludes halogenated alkanes) is 28. The van der Waals surface area contributed by atoms with Crippen LogP contribution >= 0.6 is 0 Å². The summed E-state index contributed by atoms with van der Waals surface area (Å²) in [6.45, 7) is 10.6. The van der Waals surface area contributed by atoms with E-state index in [1.807, 2.05) is 0 Å². The molecule has 0 aromatic carbocycles. The quantitative estimate of drug-likeness (QED) is 0.0703. The Balaban J connectivity index is 1.97. The topological polar surface area (TPSA) is 6.48 Å². The molecule has 0 aliphatic carbocycles. The molecule has 1 heterocycles. The predicted octanol–water partition coefficient (Wildman–Crippen LogP) is 13.9. The molecule has 0 N–H and O–H groups in total. The fraction of sp³-hybridized carbons (Fsp3) is 0.950. The Labute approximate surface area is 267 Å². The van der Waals surface area contributed by atoms with Gasteiger partial charge < -0.3 is 9.80 Å². The van der Waals surface area contributed by atoms with E-state index in [0.717, 1.165) is 0 Å². The molecule has 0 saturated carbocycles. The fourth-order valence-corrected chi connectivity index (χ4v) is 6.95. The average Bonchev–Trinajstić information content (AvgIpc) is 3.40. The van der Waals surface area contributed by atoms with Crippen molar-refractivity contribution in [3.63, 3.8) is 0 Å². The molecule has 0 radical (unpaired) electrons. The van der Waals surface area contributed by atoms with Gasteiger partial charge in [0.1, 0.15) is 6.17 Å². The predicted molar refractivity (Wildman–Crippen MR) is 191 cm³/mol. The van der Waals surface area contributed by atoms with Crippen molar-refractivity contribution in [3.05, 3.63) is 12.4 Å². The largest absolute Gasteiger partial charge is 0.356 e. The highest BCUT2D eigenvalue weighted by Crippen LogP contribution is 2.25. The maximum atomic E-state index is 2.67. The van der Waals surface area contributed by atoms with Gasteiger partial charge in [0.25, 0.3) is 0 Å². The number of nitrogens with zero attached hydrogens (tertiary/aromatic N) is 2. The molecule has 1 aliphatic heterocycles. The molecule has 0 bridgehead atoms. The van der Waals surface area contributed by atoms with Gasteiger partial charge in [0, 0.05) is 25.0 Å². The van der Waals surface area contributed by atoms with Gasteiger partial charge in [0.15, 0.2) is 0 Å². The Morgan fingerprint density at radius 3 is 1.05 bits per heavy atom. The maximum absolute atomic E-state index is 2.67. The third kappa shape index (κ3) is 22.8. The standard InChI is InChI=1S/C40H80N2/c1-5-7-9-11-13-15-17-19-21-22-23-25-27-29-31-33-35-40-41(37-38-42(40)39(3)4)36-34-32-30-28-26-24-20-18-16-14-12-10-8-6-2/h37-40H,5-36H2,1-4H3. The Hall–Kier alpha value is -0.660. The minimum absolute atomic E-state index is 0.605. The lowest BCUT2D eigenvalue weighted by Crippen LogP contribution is -2.42.